The van der Waals surface area contributed by atoms with E-state index in [0.717, 1.165) is 16.7 Å². The summed E-state index contributed by atoms with van der Waals surface area (Å²) in [5.74, 6) is 1.70. The minimum Gasteiger partial charge on any atom is -0.497 e. The van der Waals surface area contributed by atoms with Gasteiger partial charge in [0.2, 0.25) is 6.10 Å². The fourth-order valence-corrected chi connectivity index (χ4v) is 2.83. The monoisotopic (exact) mass is 354 g/mol. The highest BCUT2D eigenvalue weighted by Gasteiger charge is 2.32. The van der Waals surface area contributed by atoms with Crippen LogP contribution in [0.3, 0.4) is 0 Å². The van der Waals surface area contributed by atoms with Crippen LogP contribution >= 0.6 is 0 Å². The summed E-state index contributed by atoms with van der Waals surface area (Å²) in [5, 5.41) is 4.19. The third-order valence-electron chi connectivity index (χ3n) is 4.19. The summed E-state index contributed by atoms with van der Waals surface area (Å²) < 4.78 is 10.6. The fourth-order valence-electron chi connectivity index (χ4n) is 2.83. The summed E-state index contributed by atoms with van der Waals surface area (Å²) in [5.41, 5.74) is 2.79. The summed E-state index contributed by atoms with van der Waals surface area (Å²) in [6.45, 7) is 4.03. The Morgan fingerprint density at radius 2 is 1.81 bits per heavy atom. The van der Waals surface area contributed by atoms with Gasteiger partial charge in [0.15, 0.2) is 5.84 Å². The molecule has 26 heavy (non-hydrogen) atoms. The van der Waals surface area contributed by atoms with Gasteiger partial charge < -0.3 is 14.3 Å². The Kier molecular flexibility index (Phi) is 5.11. The Hall–Kier alpha value is -3.02. The van der Waals surface area contributed by atoms with Crippen molar-refractivity contribution in [2.45, 2.75) is 26.5 Å². The lowest BCUT2D eigenvalue weighted by molar-refractivity contribution is -0.142. The molecule has 0 aliphatic carbocycles. The molecule has 136 valence electrons. The average Bonchev–Trinajstić information content (AvgIpc) is 2.65. The number of amidine groups is 1. The molecule has 0 N–H and O–H groups in total. The molecule has 2 aromatic rings. The minimum absolute atomic E-state index is 0.140. The van der Waals surface area contributed by atoms with Crippen LogP contribution in [0.25, 0.3) is 0 Å². The molecule has 1 aliphatic heterocycles. The van der Waals surface area contributed by atoms with Crippen molar-refractivity contribution in [2.75, 3.05) is 14.2 Å². The molecule has 0 bridgehead atoms. The number of hydrogen-bond donors (Lipinski definition) is 0. The number of oxime groups is 1. The van der Waals surface area contributed by atoms with Gasteiger partial charge in [0, 0.05) is 11.6 Å². The lowest BCUT2D eigenvalue weighted by atomic mass is 10.1. The largest absolute Gasteiger partial charge is 0.497 e. The second-order valence-corrected chi connectivity index (χ2v) is 6.18. The number of hydrogen-bond acceptors (Lipinski definition) is 5. The van der Waals surface area contributed by atoms with E-state index in [2.05, 4.69) is 5.16 Å². The molecule has 6 heteroatoms. The summed E-state index contributed by atoms with van der Waals surface area (Å²) >= 11 is 0. The smallest absolute Gasteiger partial charge is 0.272 e. The maximum atomic E-state index is 12.8. The summed E-state index contributed by atoms with van der Waals surface area (Å²) in [7, 11) is 3.19. The second-order valence-electron chi connectivity index (χ2n) is 6.18. The van der Waals surface area contributed by atoms with E-state index in [4.69, 9.17) is 14.3 Å². The van der Waals surface area contributed by atoms with Gasteiger partial charge in [0.05, 0.1) is 20.8 Å². The van der Waals surface area contributed by atoms with Gasteiger partial charge in [-0.1, -0.05) is 28.9 Å². The molecule has 0 radical (unpaired) electrons. The molecule has 2 aromatic carbocycles. The standard InChI is InChI=1S/C20H22N2O4/c1-13-6-5-7-16(8-13)19-21-26-14(2)20(23)22(19)12-15-9-17(24-3)11-18(10-15)25-4/h5-11,14H,12H2,1-4H3. The lowest BCUT2D eigenvalue weighted by Gasteiger charge is -2.30. The van der Waals surface area contributed by atoms with Crippen LogP contribution in [0, 0.1) is 6.92 Å². The molecule has 0 aromatic heterocycles. The van der Waals surface area contributed by atoms with Crippen molar-refractivity contribution in [1.29, 1.82) is 0 Å². The third kappa shape index (κ3) is 3.64. The van der Waals surface area contributed by atoms with Crippen LogP contribution in [0.1, 0.15) is 23.6 Å². The number of ether oxygens (including phenoxy) is 2. The number of rotatable bonds is 5. The Morgan fingerprint density at radius 3 is 2.42 bits per heavy atom. The molecule has 1 heterocycles. The van der Waals surface area contributed by atoms with E-state index >= 15 is 0 Å². The molecular formula is C20H22N2O4. The minimum atomic E-state index is -0.629. The van der Waals surface area contributed by atoms with Gasteiger partial charge in [-0.25, -0.2) is 0 Å². The first kappa shape index (κ1) is 17.8. The highest BCUT2D eigenvalue weighted by Crippen LogP contribution is 2.25. The SMILES string of the molecule is COc1cc(CN2C(=O)C(C)ON=C2c2cccc(C)c2)cc(OC)c1. The van der Waals surface area contributed by atoms with E-state index < -0.39 is 6.10 Å². The molecular weight excluding hydrogens is 332 g/mol. The average molecular weight is 354 g/mol. The fraction of sp³-hybridized carbons (Fsp3) is 0.300. The zero-order valence-electron chi connectivity index (χ0n) is 15.4. The molecule has 0 spiro atoms. The van der Waals surface area contributed by atoms with Gasteiger partial charge in [0.1, 0.15) is 11.5 Å². The predicted molar refractivity (Wildman–Crippen MR) is 98.4 cm³/mol. The molecule has 1 amide bonds. The molecule has 1 unspecified atom stereocenters. The zero-order valence-corrected chi connectivity index (χ0v) is 15.4. The van der Waals surface area contributed by atoms with Crippen LogP contribution in [0.4, 0.5) is 0 Å². The molecule has 0 saturated heterocycles. The first-order valence-corrected chi connectivity index (χ1v) is 8.36. The van der Waals surface area contributed by atoms with Crippen LogP contribution in [-0.2, 0) is 16.2 Å². The Bertz CT molecular complexity index is 825. The van der Waals surface area contributed by atoms with Crippen molar-refractivity contribution < 1.29 is 19.1 Å². The Balaban J connectivity index is 1.98. The first-order valence-electron chi connectivity index (χ1n) is 8.36. The van der Waals surface area contributed by atoms with E-state index in [1.54, 1.807) is 32.1 Å². The quantitative estimate of drug-likeness (QED) is 0.828. The van der Waals surface area contributed by atoms with E-state index in [1.807, 2.05) is 43.3 Å². The number of nitrogens with zero attached hydrogens (tertiary/aromatic N) is 2. The molecule has 3 rings (SSSR count). The third-order valence-corrected chi connectivity index (χ3v) is 4.19. The van der Waals surface area contributed by atoms with Crippen LogP contribution in [0.5, 0.6) is 11.5 Å². The number of aryl methyl sites for hydroxylation is 1. The Labute approximate surface area is 153 Å². The van der Waals surface area contributed by atoms with Crippen molar-refractivity contribution in [3.63, 3.8) is 0 Å². The van der Waals surface area contributed by atoms with Gasteiger partial charge in [-0.05, 0) is 37.6 Å². The molecule has 1 atom stereocenters. The number of carbonyl (C=O) groups excluding carboxylic acids is 1. The topological polar surface area (TPSA) is 60.4 Å². The Morgan fingerprint density at radius 1 is 1.12 bits per heavy atom. The van der Waals surface area contributed by atoms with Gasteiger partial charge in [-0.3, -0.25) is 9.69 Å². The predicted octanol–water partition coefficient (Wildman–Crippen LogP) is 3.12. The van der Waals surface area contributed by atoms with Crippen LogP contribution in [-0.4, -0.2) is 37.0 Å². The van der Waals surface area contributed by atoms with E-state index in [0.29, 0.717) is 23.9 Å². The van der Waals surface area contributed by atoms with Crippen LogP contribution < -0.4 is 9.47 Å². The first-order chi connectivity index (χ1) is 12.5. The van der Waals surface area contributed by atoms with Crippen molar-refractivity contribution >= 4 is 11.7 Å². The van der Waals surface area contributed by atoms with Crippen molar-refractivity contribution in [3.8, 4) is 11.5 Å². The highest BCUT2D eigenvalue weighted by molar-refractivity contribution is 6.09. The van der Waals surface area contributed by atoms with Crippen LogP contribution in [0.15, 0.2) is 47.6 Å². The molecule has 1 aliphatic rings. The number of benzene rings is 2. The van der Waals surface area contributed by atoms with Crippen molar-refractivity contribution in [3.05, 3.63) is 59.2 Å². The molecule has 6 nitrogen and oxygen atoms in total. The van der Waals surface area contributed by atoms with E-state index in [9.17, 15) is 4.79 Å². The summed E-state index contributed by atoms with van der Waals surface area (Å²) in [4.78, 5) is 19.7. The van der Waals surface area contributed by atoms with Gasteiger partial charge in [0.25, 0.3) is 5.91 Å². The van der Waals surface area contributed by atoms with E-state index in [-0.39, 0.29) is 5.91 Å². The number of amides is 1. The molecule has 0 saturated carbocycles. The summed E-state index contributed by atoms with van der Waals surface area (Å²) in [6.07, 6.45) is -0.629. The number of carbonyl (C=O) groups is 1. The van der Waals surface area contributed by atoms with Crippen molar-refractivity contribution in [2.24, 2.45) is 5.16 Å². The van der Waals surface area contributed by atoms with Crippen molar-refractivity contribution in [1.82, 2.24) is 4.90 Å². The van der Waals surface area contributed by atoms with Crippen LogP contribution in [0.2, 0.25) is 0 Å². The summed E-state index contributed by atoms with van der Waals surface area (Å²) in [6, 6.07) is 13.4. The lowest BCUT2D eigenvalue weighted by Crippen LogP contribution is -2.46. The van der Waals surface area contributed by atoms with E-state index in [1.165, 1.54) is 0 Å². The van der Waals surface area contributed by atoms with Gasteiger partial charge in [-0.15, -0.1) is 0 Å². The normalized spacial score (nSPS) is 16.8. The number of methoxy groups -OCH3 is 2. The van der Waals surface area contributed by atoms with Gasteiger partial charge in [-0.2, -0.15) is 0 Å². The second kappa shape index (κ2) is 7.47. The molecule has 0 fully saturated rings. The maximum Gasteiger partial charge on any atom is 0.272 e. The van der Waals surface area contributed by atoms with Gasteiger partial charge >= 0.3 is 0 Å². The zero-order chi connectivity index (χ0) is 18.7. The highest BCUT2D eigenvalue weighted by atomic mass is 16.6. The maximum absolute atomic E-state index is 12.8.